The lowest BCUT2D eigenvalue weighted by Crippen LogP contribution is -2.54. The van der Waals surface area contributed by atoms with Crippen molar-refractivity contribution in [2.24, 2.45) is 0 Å². The van der Waals surface area contributed by atoms with E-state index in [1.807, 2.05) is 59.3 Å². The molecule has 5 heterocycles. The molecular formula is C39H38N8O6S. The number of para-hydroxylation sites is 1. The SMILES string of the molecule is Nc1ncnc2c1c(-c1ccc(Oc3ccccc3)cc1)nn2C1CCCN(CCOCCSc2cccc3c2C(=O)N(C2CCC(=O)NC2=O)C3=O)C1. The zero-order chi connectivity index (χ0) is 37.2. The van der Waals surface area contributed by atoms with E-state index in [-0.39, 0.29) is 24.4 Å². The van der Waals surface area contributed by atoms with Crippen LogP contribution in [0.2, 0.25) is 0 Å². The highest BCUT2D eigenvalue weighted by Gasteiger charge is 2.45. The second-order valence-electron chi connectivity index (χ2n) is 13.4. The minimum Gasteiger partial charge on any atom is -0.457 e. The predicted molar refractivity (Wildman–Crippen MR) is 201 cm³/mol. The monoisotopic (exact) mass is 746 g/mol. The molecule has 54 heavy (non-hydrogen) atoms. The fraction of sp³-hybridized carbons (Fsp3) is 0.308. The van der Waals surface area contributed by atoms with E-state index in [1.54, 1.807) is 18.2 Å². The fourth-order valence-corrected chi connectivity index (χ4v) is 8.24. The van der Waals surface area contributed by atoms with E-state index in [9.17, 15) is 19.2 Å². The maximum Gasteiger partial charge on any atom is 0.263 e. The van der Waals surface area contributed by atoms with E-state index in [2.05, 4.69) is 20.2 Å². The lowest BCUT2D eigenvalue weighted by atomic mass is 10.0. The Bertz CT molecular complexity index is 2230. The van der Waals surface area contributed by atoms with Crippen molar-refractivity contribution in [3.8, 4) is 22.8 Å². The van der Waals surface area contributed by atoms with Crippen LogP contribution in [-0.4, -0.2) is 97.8 Å². The van der Waals surface area contributed by atoms with Crippen LogP contribution in [0.25, 0.3) is 22.3 Å². The molecule has 3 aliphatic rings. The fourth-order valence-electron chi connectivity index (χ4n) is 7.30. The molecule has 3 aliphatic heterocycles. The maximum atomic E-state index is 13.4. The van der Waals surface area contributed by atoms with E-state index in [1.165, 1.54) is 18.1 Å². The lowest BCUT2D eigenvalue weighted by molar-refractivity contribution is -0.136. The number of thioether (sulfide) groups is 1. The van der Waals surface area contributed by atoms with Gasteiger partial charge in [-0.3, -0.25) is 34.3 Å². The summed E-state index contributed by atoms with van der Waals surface area (Å²) >= 11 is 1.43. The van der Waals surface area contributed by atoms with Gasteiger partial charge in [0, 0.05) is 35.7 Å². The summed E-state index contributed by atoms with van der Waals surface area (Å²) in [6, 6.07) is 21.6. The predicted octanol–water partition coefficient (Wildman–Crippen LogP) is 4.71. The maximum absolute atomic E-state index is 13.4. The molecule has 14 nitrogen and oxygen atoms in total. The molecule has 2 fully saturated rings. The first kappa shape index (κ1) is 35.4. The molecule has 5 aromatic rings. The number of imide groups is 2. The third-order valence-electron chi connectivity index (χ3n) is 9.92. The Morgan fingerprint density at radius 1 is 0.889 bits per heavy atom. The van der Waals surface area contributed by atoms with Gasteiger partial charge in [0.2, 0.25) is 11.8 Å². The van der Waals surface area contributed by atoms with Crippen molar-refractivity contribution >= 4 is 52.2 Å². The van der Waals surface area contributed by atoms with Crippen LogP contribution >= 0.6 is 11.8 Å². The summed E-state index contributed by atoms with van der Waals surface area (Å²) in [5.74, 6) is 0.383. The number of fused-ring (bicyclic) bond motifs is 2. The van der Waals surface area contributed by atoms with Crippen molar-refractivity contribution in [2.75, 3.05) is 44.3 Å². The van der Waals surface area contributed by atoms with Gasteiger partial charge in [-0.05, 0) is 74.3 Å². The minimum atomic E-state index is -0.996. The van der Waals surface area contributed by atoms with Crippen LogP contribution in [0.3, 0.4) is 0 Å². The molecular weight excluding hydrogens is 709 g/mol. The summed E-state index contributed by atoms with van der Waals surface area (Å²) in [4.78, 5) is 63.5. The largest absolute Gasteiger partial charge is 0.457 e. The number of ether oxygens (including phenoxy) is 2. The van der Waals surface area contributed by atoms with Crippen molar-refractivity contribution in [1.82, 2.24) is 34.9 Å². The van der Waals surface area contributed by atoms with Crippen LogP contribution < -0.4 is 15.8 Å². The van der Waals surface area contributed by atoms with Gasteiger partial charge >= 0.3 is 0 Å². The van der Waals surface area contributed by atoms with E-state index in [4.69, 9.17) is 20.3 Å². The van der Waals surface area contributed by atoms with Crippen molar-refractivity contribution in [2.45, 2.75) is 42.7 Å². The summed E-state index contributed by atoms with van der Waals surface area (Å²) in [5.41, 5.74) is 9.30. The first-order valence-corrected chi connectivity index (χ1v) is 18.9. The molecule has 0 bridgehead atoms. The summed E-state index contributed by atoms with van der Waals surface area (Å²) in [5, 5.41) is 8.03. The average Bonchev–Trinajstić information content (AvgIpc) is 3.70. The zero-order valence-corrected chi connectivity index (χ0v) is 30.2. The van der Waals surface area contributed by atoms with E-state index in [0.717, 1.165) is 65.5 Å². The Kier molecular flexibility index (Phi) is 10.1. The molecule has 0 aliphatic carbocycles. The van der Waals surface area contributed by atoms with Crippen LogP contribution in [0, 0.1) is 0 Å². The van der Waals surface area contributed by atoms with E-state index in [0.29, 0.717) is 40.9 Å². The Hall–Kier alpha value is -5.64. The Labute approximate surface area is 315 Å². The molecule has 276 valence electrons. The van der Waals surface area contributed by atoms with E-state index < -0.39 is 29.7 Å². The highest BCUT2D eigenvalue weighted by Crippen LogP contribution is 2.36. The zero-order valence-electron chi connectivity index (χ0n) is 29.3. The van der Waals surface area contributed by atoms with Crippen LogP contribution in [0.4, 0.5) is 5.82 Å². The van der Waals surface area contributed by atoms with Crippen LogP contribution in [-0.2, 0) is 14.3 Å². The number of amides is 4. The molecule has 2 atom stereocenters. The van der Waals surface area contributed by atoms with E-state index >= 15 is 0 Å². The Balaban J connectivity index is 0.863. The lowest BCUT2D eigenvalue weighted by Gasteiger charge is -2.32. The standard InChI is InChI=1S/C39H38N8O6S/c40-35-33-34(24-11-13-27(14-12-24)53-26-7-2-1-3-8-26)44-47(36(33)42-23-41-35)25-6-5-17-45(22-25)18-19-52-20-21-54-30-10-4-9-28-32(30)39(51)46(38(28)50)29-15-16-31(48)43-37(29)49/h1-4,7-14,23,25,29H,5-6,15-22H2,(H2,40,41,42)(H,43,48,49). The molecule has 0 radical (unpaired) electrons. The Morgan fingerprint density at radius 2 is 1.70 bits per heavy atom. The first-order chi connectivity index (χ1) is 26.4. The van der Waals surface area contributed by atoms with Gasteiger partial charge in [0.15, 0.2) is 5.65 Å². The van der Waals surface area contributed by atoms with Gasteiger partial charge in [0.25, 0.3) is 11.8 Å². The summed E-state index contributed by atoms with van der Waals surface area (Å²) in [6.07, 6.45) is 3.61. The van der Waals surface area contributed by atoms with Crippen molar-refractivity contribution in [1.29, 1.82) is 0 Å². The van der Waals surface area contributed by atoms with Crippen molar-refractivity contribution in [3.63, 3.8) is 0 Å². The molecule has 8 rings (SSSR count). The number of carbonyl (C=O) groups is 4. The van der Waals surface area contributed by atoms with Crippen molar-refractivity contribution < 1.29 is 28.7 Å². The topological polar surface area (TPSA) is 175 Å². The number of piperidine rings is 2. The van der Waals surface area contributed by atoms with Gasteiger partial charge in [0.1, 0.15) is 35.4 Å². The number of rotatable bonds is 12. The molecule has 15 heteroatoms. The molecule has 0 saturated carbocycles. The second-order valence-corrected chi connectivity index (χ2v) is 14.5. The number of carbonyl (C=O) groups excluding carboxylic acids is 4. The third kappa shape index (κ3) is 7.05. The average molecular weight is 747 g/mol. The third-order valence-corrected chi connectivity index (χ3v) is 10.9. The van der Waals surface area contributed by atoms with Gasteiger partial charge < -0.3 is 15.2 Å². The normalized spacial score (nSPS) is 19.0. The number of anilines is 1. The van der Waals surface area contributed by atoms with Gasteiger partial charge in [-0.25, -0.2) is 14.6 Å². The first-order valence-electron chi connectivity index (χ1n) is 17.9. The van der Waals surface area contributed by atoms with Gasteiger partial charge in [-0.1, -0.05) is 24.3 Å². The van der Waals surface area contributed by atoms with Gasteiger partial charge in [0.05, 0.1) is 35.8 Å². The molecule has 0 spiro atoms. The summed E-state index contributed by atoms with van der Waals surface area (Å²) < 4.78 is 14.0. The van der Waals surface area contributed by atoms with Crippen molar-refractivity contribution in [3.05, 3.63) is 90.3 Å². The highest BCUT2D eigenvalue weighted by atomic mass is 32.2. The highest BCUT2D eigenvalue weighted by molar-refractivity contribution is 7.99. The molecule has 2 saturated heterocycles. The molecule has 2 unspecified atom stereocenters. The number of hydrogen-bond acceptors (Lipinski definition) is 12. The number of nitrogens with zero attached hydrogens (tertiary/aromatic N) is 6. The Morgan fingerprint density at radius 3 is 2.52 bits per heavy atom. The van der Waals surface area contributed by atoms with Gasteiger partial charge in [-0.15, -0.1) is 11.8 Å². The molecule has 4 amide bonds. The molecule has 3 N–H and O–H groups in total. The number of nitrogens with two attached hydrogens (primary N) is 1. The molecule has 3 aromatic carbocycles. The minimum absolute atomic E-state index is 0.0770. The number of nitrogen functional groups attached to an aromatic ring is 1. The number of hydrogen-bond donors (Lipinski definition) is 2. The number of benzene rings is 3. The number of likely N-dealkylation sites (tertiary alicyclic amines) is 1. The number of aromatic nitrogens is 4. The van der Waals surface area contributed by atoms with Crippen LogP contribution in [0.5, 0.6) is 11.5 Å². The summed E-state index contributed by atoms with van der Waals surface area (Å²) in [6.45, 7) is 3.43. The number of nitrogens with one attached hydrogen (secondary N) is 1. The van der Waals surface area contributed by atoms with Gasteiger partial charge in [-0.2, -0.15) is 5.10 Å². The van der Waals surface area contributed by atoms with Crippen LogP contribution in [0.1, 0.15) is 52.4 Å². The quantitative estimate of drug-likeness (QED) is 0.102. The molecule has 2 aromatic heterocycles. The smallest absolute Gasteiger partial charge is 0.263 e. The van der Waals surface area contributed by atoms with Crippen LogP contribution in [0.15, 0.2) is 84.0 Å². The summed E-state index contributed by atoms with van der Waals surface area (Å²) in [7, 11) is 0. The second kappa shape index (κ2) is 15.4.